The topological polar surface area (TPSA) is 36.9 Å². The minimum absolute atomic E-state index is 0.0552. The van der Waals surface area contributed by atoms with E-state index in [-0.39, 0.29) is 17.8 Å². The predicted octanol–water partition coefficient (Wildman–Crippen LogP) is 6.25. The molecule has 0 N–H and O–H groups in total. The molecule has 4 nitrogen and oxygen atoms in total. The highest BCUT2D eigenvalue weighted by atomic mass is 32.2. The lowest BCUT2D eigenvalue weighted by molar-refractivity contribution is -0.271. The van der Waals surface area contributed by atoms with Crippen molar-refractivity contribution in [3.8, 4) is 0 Å². The van der Waals surface area contributed by atoms with Crippen LogP contribution >= 0.6 is 23.5 Å². The Morgan fingerprint density at radius 1 is 1.12 bits per heavy atom. The van der Waals surface area contributed by atoms with Gasteiger partial charge >= 0.3 is 0 Å². The van der Waals surface area contributed by atoms with Crippen LogP contribution < -0.4 is 0 Å². The van der Waals surface area contributed by atoms with Gasteiger partial charge in [-0.1, -0.05) is 37.7 Å². The maximum Gasteiger partial charge on any atom is 0.162 e. The van der Waals surface area contributed by atoms with E-state index in [0.717, 1.165) is 26.1 Å². The summed E-state index contributed by atoms with van der Waals surface area (Å²) in [4.78, 5) is 0. The van der Waals surface area contributed by atoms with Crippen LogP contribution in [-0.4, -0.2) is 64.2 Å². The van der Waals surface area contributed by atoms with Gasteiger partial charge in [0.2, 0.25) is 0 Å². The Morgan fingerprint density at radius 3 is 2.53 bits per heavy atom. The largest absolute Gasteiger partial charge is 0.356 e. The molecule has 1 saturated carbocycles. The molecule has 0 radical (unpaired) electrons. The molecule has 0 amide bonds. The van der Waals surface area contributed by atoms with E-state index in [0.29, 0.717) is 28.6 Å². The second kappa shape index (κ2) is 9.86. The zero-order valence-electron chi connectivity index (χ0n) is 21.2. The molecule has 0 aromatic heterocycles. The third-order valence-corrected chi connectivity index (χ3v) is 13.6. The average molecular weight is 501 g/mol. The average Bonchev–Trinajstić information content (AvgIpc) is 3.09. The summed E-state index contributed by atoms with van der Waals surface area (Å²) in [5.41, 5.74) is 3.46. The highest BCUT2D eigenvalue weighted by Gasteiger charge is 2.62. The van der Waals surface area contributed by atoms with E-state index in [1.54, 1.807) is 11.1 Å². The summed E-state index contributed by atoms with van der Waals surface area (Å²) in [5, 5.41) is 0. The summed E-state index contributed by atoms with van der Waals surface area (Å²) in [6, 6.07) is 1.20. The number of thioether (sulfide) groups is 2. The van der Waals surface area contributed by atoms with E-state index >= 15 is 0 Å². The van der Waals surface area contributed by atoms with Crippen molar-refractivity contribution in [3.63, 3.8) is 0 Å². The summed E-state index contributed by atoms with van der Waals surface area (Å²) in [6.07, 6.45) is 10.6. The summed E-state index contributed by atoms with van der Waals surface area (Å²) in [5.74, 6) is 1.58. The van der Waals surface area contributed by atoms with E-state index in [4.69, 9.17) is 18.9 Å². The van der Waals surface area contributed by atoms with E-state index in [1.165, 1.54) is 25.3 Å². The van der Waals surface area contributed by atoms with Gasteiger partial charge in [-0.05, 0) is 56.6 Å². The Balaban J connectivity index is 1.55. The van der Waals surface area contributed by atoms with Gasteiger partial charge < -0.3 is 18.9 Å². The van der Waals surface area contributed by atoms with Crippen LogP contribution in [0.3, 0.4) is 0 Å². The van der Waals surface area contributed by atoms with Crippen molar-refractivity contribution < 1.29 is 18.9 Å². The molecule has 4 aliphatic rings. The van der Waals surface area contributed by atoms with Crippen LogP contribution in [0, 0.1) is 23.2 Å². The number of rotatable bonds is 9. The lowest BCUT2D eigenvalue weighted by Crippen LogP contribution is -2.56. The summed E-state index contributed by atoms with van der Waals surface area (Å²) in [7, 11) is 0.745. The molecule has 4 rings (SSSR count). The number of ether oxygens (including phenoxy) is 4. The first-order valence-electron chi connectivity index (χ1n) is 12.3. The van der Waals surface area contributed by atoms with Crippen LogP contribution in [0.4, 0.5) is 0 Å². The first kappa shape index (κ1) is 25.6. The van der Waals surface area contributed by atoms with E-state index in [9.17, 15) is 0 Å². The van der Waals surface area contributed by atoms with Crippen molar-refractivity contribution in [2.75, 3.05) is 39.6 Å². The fraction of sp³-hybridized carbons (Fsp3) is 0.920. The van der Waals surface area contributed by atoms with Gasteiger partial charge in [0, 0.05) is 39.0 Å². The molecule has 0 aromatic carbocycles. The van der Waals surface area contributed by atoms with Gasteiger partial charge in [-0.15, -0.1) is 23.5 Å². The predicted molar refractivity (Wildman–Crippen MR) is 139 cm³/mol. The molecule has 3 aliphatic carbocycles. The molecule has 6 atom stereocenters. The maximum atomic E-state index is 6.51. The fourth-order valence-electron chi connectivity index (χ4n) is 6.93. The lowest BCUT2D eigenvalue weighted by Gasteiger charge is -2.55. The monoisotopic (exact) mass is 500 g/mol. The second-order valence-electron chi connectivity index (χ2n) is 11.7. The Kier molecular flexibility index (Phi) is 7.89. The molecule has 2 fully saturated rings. The van der Waals surface area contributed by atoms with Gasteiger partial charge in [-0.25, -0.2) is 0 Å². The Labute approximate surface area is 205 Å². The zero-order valence-corrected chi connectivity index (χ0v) is 23.8. The lowest BCUT2D eigenvalue weighted by atomic mass is 9.57. The van der Waals surface area contributed by atoms with Crippen molar-refractivity contribution in [2.24, 2.45) is 23.2 Å². The summed E-state index contributed by atoms with van der Waals surface area (Å²) >= 11 is 4.10. The highest BCUT2D eigenvalue weighted by molar-refractivity contribution is 8.17. The SMILES string of the molecule is COC1OC[C@@H]2C3=C(CCC(SC)(SC)C3)[C@@H]3[C@H]2[C@@]1(C)CC[C@H]3OCOCC[Si](C)(C)C. The minimum Gasteiger partial charge on any atom is -0.356 e. The van der Waals surface area contributed by atoms with Crippen molar-refractivity contribution in [2.45, 2.75) is 81.2 Å². The molecular formula is C25H44O4S2Si. The van der Waals surface area contributed by atoms with Crippen molar-refractivity contribution in [1.82, 2.24) is 0 Å². The van der Waals surface area contributed by atoms with Gasteiger partial charge in [-0.2, -0.15) is 0 Å². The highest BCUT2D eigenvalue weighted by Crippen LogP contribution is 2.66. The fourth-order valence-corrected chi connectivity index (χ4v) is 9.56. The number of hydrogen-bond donors (Lipinski definition) is 0. The van der Waals surface area contributed by atoms with E-state index < -0.39 is 8.07 Å². The Morgan fingerprint density at radius 2 is 1.88 bits per heavy atom. The normalized spacial score (nSPS) is 38.5. The molecule has 7 heteroatoms. The van der Waals surface area contributed by atoms with Crippen molar-refractivity contribution >= 4 is 31.6 Å². The van der Waals surface area contributed by atoms with Gasteiger partial charge in [-0.3, -0.25) is 0 Å². The summed E-state index contributed by atoms with van der Waals surface area (Å²) in [6.45, 7) is 11.7. The molecule has 32 heavy (non-hydrogen) atoms. The maximum absolute atomic E-state index is 6.51. The molecular weight excluding hydrogens is 456 g/mol. The molecule has 0 aromatic rings. The van der Waals surface area contributed by atoms with E-state index in [2.05, 4.69) is 39.1 Å². The Bertz CT molecular complexity index is 705. The smallest absolute Gasteiger partial charge is 0.162 e. The quantitative estimate of drug-likeness (QED) is 0.161. The van der Waals surface area contributed by atoms with Gasteiger partial charge in [0.15, 0.2) is 6.29 Å². The van der Waals surface area contributed by atoms with Crippen molar-refractivity contribution in [3.05, 3.63) is 11.1 Å². The molecule has 0 spiro atoms. The van der Waals surface area contributed by atoms with Crippen LogP contribution in [0.5, 0.6) is 0 Å². The van der Waals surface area contributed by atoms with Crippen LogP contribution in [0.1, 0.15) is 39.0 Å². The summed E-state index contributed by atoms with van der Waals surface area (Å²) < 4.78 is 25.1. The molecule has 1 unspecified atom stereocenters. The first-order valence-corrected chi connectivity index (χ1v) is 18.5. The first-order chi connectivity index (χ1) is 15.2. The van der Waals surface area contributed by atoms with Crippen LogP contribution in [0.15, 0.2) is 11.1 Å². The molecule has 184 valence electrons. The van der Waals surface area contributed by atoms with Gasteiger partial charge in [0.1, 0.15) is 6.79 Å². The second-order valence-corrected chi connectivity index (χ2v) is 20.0. The third-order valence-electron chi connectivity index (χ3n) is 8.73. The van der Waals surface area contributed by atoms with Gasteiger partial charge in [0.05, 0.1) is 16.8 Å². The third kappa shape index (κ3) is 4.66. The van der Waals surface area contributed by atoms with Gasteiger partial charge in [0.25, 0.3) is 0 Å². The molecule has 0 bridgehead atoms. The standard InChI is InChI=1S/C25H44O4S2Si/c1-24-10-9-20(29-16-27-12-13-32(5,6)7)21-17-8-11-25(30-3,31-4)14-18(17)19(22(21)24)15-28-23(24)26-2/h19-23H,8-16H2,1-7H3/t19-,20-,21+,22+,23?,24-/m1/s1. The number of hydrogen-bond acceptors (Lipinski definition) is 6. The molecule has 1 heterocycles. The molecule has 1 saturated heterocycles. The van der Waals surface area contributed by atoms with Crippen molar-refractivity contribution in [1.29, 1.82) is 0 Å². The van der Waals surface area contributed by atoms with Crippen LogP contribution in [-0.2, 0) is 18.9 Å². The molecule has 1 aliphatic heterocycles. The van der Waals surface area contributed by atoms with Crippen LogP contribution in [0.2, 0.25) is 25.7 Å². The number of methoxy groups -OCH3 is 1. The van der Waals surface area contributed by atoms with E-state index in [1.807, 2.05) is 30.6 Å². The minimum atomic E-state index is -1.07. The Hall–Kier alpha value is 0.497. The van der Waals surface area contributed by atoms with Crippen LogP contribution in [0.25, 0.3) is 0 Å². The zero-order chi connectivity index (χ0) is 23.1. The number of fused-ring (bicyclic) bond motifs is 2.